The third-order valence-corrected chi connectivity index (χ3v) is 6.29. The number of hydrogen-bond donors (Lipinski definition) is 1. The van der Waals surface area contributed by atoms with Gasteiger partial charge < -0.3 is 29.4 Å². The van der Waals surface area contributed by atoms with E-state index in [1.165, 1.54) is 19.4 Å². The van der Waals surface area contributed by atoms with E-state index in [1.54, 1.807) is 6.33 Å². The molecule has 0 amide bonds. The Balaban J connectivity index is 1.33. The van der Waals surface area contributed by atoms with E-state index in [0.29, 0.717) is 17.8 Å². The van der Waals surface area contributed by atoms with Gasteiger partial charge in [0.25, 0.3) is 0 Å². The van der Waals surface area contributed by atoms with Crippen LogP contribution in [0.25, 0.3) is 22.2 Å². The number of epoxide rings is 1. The van der Waals surface area contributed by atoms with Gasteiger partial charge in [-0.1, -0.05) is 6.07 Å². The highest BCUT2D eigenvalue weighted by atomic mass is 16.7. The Kier molecular flexibility index (Phi) is 4.28. The lowest BCUT2D eigenvalue weighted by molar-refractivity contribution is 0.152. The van der Waals surface area contributed by atoms with Crippen LogP contribution >= 0.6 is 0 Å². The summed E-state index contributed by atoms with van der Waals surface area (Å²) in [6, 6.07) is 5.99. The van der Waals surface area contributed by atoms with Gasteiger partial charge in [0.1, 0.15) is 17.8 Å². The van der Waals surface area contributed by atoms with Gasteiger partial charge in [0.05, 0.1) is 18.1 Å². The molecule has 5 heterocycles. The first-order chi connectivity index (χ1) is 14.7. The Labute approximate surface area is 174 Å². The summed E-state index contributed by atoms with van der Waals surface area (Å²) in [5.74, 6) is 2.61. The van der Waals surface area contributed by atoms with Crippen molar-refractivity contribution in [2.75, 3.05) is 38.8 Å². The van der Waals surface area contributed by atoms with Crippen molar-refractivity contribution in [3.63, 3.8) is 0 Å². The Morgan fingerprint density at radius 1 is 1.13 bits per heavy atom. The van der Waals surface area contributed by atoms with Crippen LogP contribution in [0.3, 0.4) is 0 Å². The smallest absolute Gasteiger partial charge is 0.231 e. The van der Waals surface area contributed by atoms with Gasteiger partial charge in [-0.2, -0.15) is 0 Å². The van der Waals surface area contributed by atoms with Gasteiger partial charge in [-0.05, 0) is 43.0 Å². The Morgan fingerprint density at radius 3 is 2.93 bits per heavy atom. The largest absolute Gasteiger partial charge is 0.454 e. The van der Waals surface area contributed by atoms with E-state index in [2.05, 4.69) is 25.6 Å². The first-order valence-corrected chi connectivity index (χ1v) is 10.6. The summed E-state index contributed by atoms with van der Waals surface area (Å²) in [4.78, 5) is 11.4. The average molecular weight is 407 g/mol. The SMILES string of the molecule is Nc1ncnc2c1c(-c1ccc3c(c1)OCO3)cn2C[C@@H]1CCCN(C[C@@H]2CO2)C1. The molecule has 8 heteroatoms. The highest BCUT2D eigenvalue weighted by molar-refractivity contribution is 6.00. The van der Waals surface area contributed by atoms with Crippen LogP contribution in [0.5, 0.6) is 11.5 Å². The highest BCUT2D eigenvalue weighted by Crippen LogP contribution is 2.39. The normalized spacial score (nSPS) is 23.2. The summed E-state index contributed by atoms with van der Waals surface area (Å²) in [6.45, 7) is 5.41. The molecule has 3 aliphatic heterocycles. The number of likely N-dealkylation sites (tertiary alicyclic amines) is 1. The van der Waals surface area contributed by atoms with Gasteiger partial charge in [0.2, 0.25) is 6.79 Å². The molecule has 2 saturated heterocycles. The zero-order chi connectivity index (χ0) is 20.1. The molecule has 0 bridgehead atoms. The Hall–Kier alpha value is -2.84. The summed E-state index contributed by atoms with van der Waals surface area (Å²) in [6.07, 6.45) is 6.61. The number of piperidine rings is 1. The summed E-state index contributed by atoms with van der Waals surface area (Å²) in [5.41, 5.74) is 9.24. The molecule has 0 unspecified atom stereocenters. The fraction of sp³-hybridized carbons (Fsp3) is 0.455. The van der Waals surface area contributed by atoms with E-state index < -0.39 is 0 Å². The van der Waals surface area contributed by atoms with E-state index in [-0.39, 0.29) is 6.79 Å². The van der Waals surface area contributed by atoms with Crippen molar-refractivity contribution in [2.24, 2.45) is 5.92 Å². The van der Waals surface area contributed by atoms with Crippen molar-refractivity contribution in [1.29, 1.82) is 0 Å². The average Bonchev–Trinajstić information content (AvgIpc) is 3.30. The molecule has 2 atom stereocenters. The minimum absolute atomic E-state index is 0.260. The van der Waals surface area contributed by atoms with E-state index in [9.17, 15) is 0 Å². The molecule has 2 fully saturated rings. The molecule has 0 spiro atoms. The lowest BCUT2D eigenvalue weighted by atomic mass is 9.98. The van der Waals surface area contributed by atoms with Crippen molar-refractivity contribution in [1.82, 2.24) is 19.4 Å². The summed E-state index contributed by atoms with van der Waals surface area (Å²) in [5, 5.41) is 0.899. The minimum atomic E-state index is 0.260. The quantitative estimate of drug-likeness (QED) is 0.650. The van der Waals surface area contributed by atoms with Crippen molar-refractivity contribution in [3.05, 3.63) is 30.7 Å². The number of benzene rings is 1. The molecule has 2 aromatic heterocycles. The highest BCUT2D eigenvalue weighted by Gasteiger charge is 2.29. The lowest BCUT2D eigenvalue weighted by Gasteiger charge is -2.32. The second kappa shape index (κ2) is 7.14. The molecule has 3 aromatic rings. The molecule has 0 saturated carbocycles. The number of aromatic nitrogens is 3. The topological polar surface area (TPSA) is 91.0 Å². The van der Waals surface area contributed by atoms with Crippen LogP contribution in [0, 0.1) is 5.92 Å². The van der Waals surface area contributed by atoms with Crippen LogP contribution < -0.4 is 15.2 Å². The lowest BCUT2D eigenvalue weighted by Crippen LogP contribution is -2.39. The number of rotatable bonds is 5. The summed E-state index contributed by atoms with van der Waals surface area (Å²) in [7, 11) is 0. The molecule has 156 valence electrons. The monoisotopic (exact) mass is 407 g/mol. The summed E-state index contributed by atoms with van der Waals surface area (Å²) >= 11 is 0. The van der Waals surface area contributed by atoms with Gasteiger partial charge in [-0.25, -0.2) is 9.97 Å². The van der Waals surface area contributed by atoms with Gasteiger partial charge in [0, 0.05) is 31.4 Å². The first kappa shape index (κ1) is 18.0. The molecule has 2 N–H and O–H groups in total. The first-order valence-electron chi connectivity index (χ1n) is 10.6. The van der Waals surface area contributed by atoms with Crippen LogP contribution in [-0.2, 0) is 11.3 Å². The molecule has 30 heavy (non-hydrogen) atoms. The van der Waals surface area contributed by atoms with Gasteiger partial charge in [-0.15, -0.1) is 0 Å². The summed E-state index contributed by atoms with van der Waals surface area (Å²) < 4.78 is 18.7. The fourth-order valence-electron chi connectivity index (χ4n) is 4.77. The minimum Gasteiger partial charge on any atom is -0.454 e. The zero-order valence-corrected chi connectivity index (χ0v) is 16.8. The maximum Gasteiger partial charge on any atom is 0.231 e. The number of nitrogen functional groups attached to an aromatic ring is 1. The fourth-order valence-corrected chi connectivity index (χ4v) is 4.77. The Morgan fingerprint density at radius 2 is 2.03 bits per heavy atom. The molecule has 0 aliphatic carbocycles. The second-order valence-electron chi connectivity index (χ2n) is 8.44. The van der Waals surface area contributed by atoms with Crippen molar-refractivity contribution < 1.29 is 14.2 Å². The third-order valence-electron chi connectivity index (χ3n) is 6.29. The number of nitrogens with zero attached hydrogens (tertiary/aromatic N) is 4. The van der Waals surface area contributed by atoms with Gasteiger partial charge in [-0.3, -0.25) is 0 Å². The zero-order valence-electron chi connectivity index (χ0n) is 16.8. The molecule has 1 aromatic carbocycles. The van der Waals surface area contributed by atoms with Crippen molar-refractivity contribution in [2.45, 2.75) is 25.5 Å². The predicted octanol–water partition coefficient (Wildman–Crippen LogP) is 2.52. The maximum atomic E-state index is 6.29. The van der Waals surface area contributed by atoms with E-state index >= 15 is 0 Å². The maximum absolute atomic E-state index is 6.29. The number of hydrogen-bond acceptors (Lipinski definition) is 7. The molecular formula is C22H25N5O3. The van der Waals surface area contributed by atoms with E-state index in [4.69, 9.17) is 19.9 Å². The number of fused-ring (bicyclic) bond motifs is 2. The standard InChI is InChI=1S/C22H25N5O3/c23-21-20-17(15-3-4-18-19(6-15)30-13-29-18)10-27(22(20)25-12-24-21)8-14-2-1-5-26(7-14)9-16-11-28-16/h3-4,6,10,12,14,16H,1-2,5,7-9,11,13H2,(H2,23,24,25)/t14-,16-/m1/s1. The van der Waals surface area contributed by atoms with Crippen LogP contribution in [-0.4, -0.2) is 58.6 Å². The molecule has 0 radical (unpaired) electrons. The number of nitrogens with two attached hydrogens (primary N) is 1. The second-order valence-corrected chi connectivity index (χ2v) is 8.44. The Bertz CT molecular complexity index is 1090. The van der Waals surface area contributed by atoms with E-state index in [0.717, 1.165) is 59.9 Å². The van der Waals surface area contributed by atoms with Crippen LogP contribution in [0.2, 0.25) is 0 Å². The predicted molar refractivity (Wildman–Crippen MR) is 112 cm³/mol. The van der Waals surface area contributed by atoms with Crippen LogP contribution in [0.4, 0.5) is 5.82 Å². The van der Waals surface area contributed by atoms with Crippen LogP contribution in [0.15, 0.2) is 30.7 Å². The van der Waals surface area contributed by atoms with Gasteiger partial charge in [0.15, 0.2) is 11.5 Å². The van der Waals surface area contributed by atoms with E-state index in [1.807, 2.05) is 18.2 Å². The number of ether oxygens (including phenoxy) is 3. The molecule has 3 aliphatic rings. The van der Waals surface area contributed by atoms with Crippen LogP contribution in [0.1, 0.15) is 12.8 Å². The van der Waals surface area contributed by atoms with Crippen molar-refractivity contribution in [3.8, 4) is 22.6 Å². The molecule has 8 nitrogen and oxygen atoms in total. The van der Waals surface area contributed by atoms with Crippen molar-refractivity contribution >= 4 is 16.9 Å². The van der Waals surface area contributed by atoms with Gasteiger partial charge >= 0.3 is 0 Å². The number of anilines is 1. The molecule has 6 rings (SSSR count). The third kappa shape index (κ3) is 3.26. The molecular weight excluding hydrogens is 382 g/mol.